The van der Waals surface area contributed by atoms with Gasteiger partial charge < -0.3 is 5.32 Å². The monoisotopic (exact) mass is 358 g/mol. The Morgan fingerprint density at radius 2 is 1.19 bits per heavy atom. The fourth-order valence-electron chi connectivity index (χ4n) is 3.14. The Morgan fingerprint density at radius 1 is 0.741 bits per heavy atom. The maximum absolute atomic E-state index is 12.4. The van der Waals surface area contributed by atoms with Crippen LogP contribution in [0, 0.1) is 0 Å². The standard InChI is InChI=1S/C24H26N2O/c1-19(20-11-5-2-6-12-20)17-25-23(27)18-26-24(21-13-7-3-8-14-21)22-15-9-4-10-16-22/h2-16,19,24,26H,17-18H2,1H3,(H,25,27)/t19-/m0/s1. The van der Waals surface area contributed by atoms with E-state index in [1.165, 1.54) is 5.56 Å². The van der Waals surface area contributed by atoms with Gasteiger partial charge in [-0.2, -0.15) is 0 Å². The lowest BCUT2D eigenvalue weighted by Gasteiger charge is -2.20. The molecule has 3 nitrogen and oxygen atoms in total. The van der Waals surface area contributed by atoms with E-state index in [0.29, 0.717) is 6.54 Å². The van der Waals surface area contributed by atoms with E-state index in [0.717, 1.165) is 11.1 Å². The van der Waals surface area contributed by atoms with E-state index in [2.05, 4.69) is 54.0 Å². The van der Waals surface area contributed by atoms with Gasteiger partial charge >= 0.3 is 0 Å². The van der Waals surface area contributed by atoms with Crippen molar-refractivity contribution >= 4 is 5.91 Å². The Balaban J connectivity index is 1.58. The molecule has 0 aliphatic rings. The van der Waals surface area contributed by atoms with Crippen molar-refractivity contribution in [3.8, 4) is 0 Å². The van der Waals surface area contributed by atoms with Gasteiger partial charge in [-0.15, -0.1) is 0 Å². The highest BCUT2D eigenvalue weighted by Crippen LogP contribution is 2.21. The van der Waals surface area contributed by atoms with Gasteiger partial charge in [0.2, 0.25) is 5.91 Å². The van der Waals surface area contributed by atoms with Crippen molar-refractivity contribution in [2.75, 3.05) is 13.1 Å². The summed E-state index contributed by atoms with van der Waals surface area (Å²) in [7, 11) is 0. The molecule has 138 valence electrons. The summed E-state index contributed by atoms with van der Waals surface area (Å²) >= 11 is 0. The normalized spacial score (nSPS) is 11.9. The average molecular weight is 358 g/mol. The molecule has 3 aromatic rings. The van der Waals surface area contributed by atoms with E-state index in [-0.39, 0.29) is 24.4 Å². The van der Waals surface area contributed by atoms with Crippen LogP contribution in [0.1, 0.15) is 35.6 Å². The third-order valence-electron chi connectivity index (χ3n) is 4.71. The SMILES string of the molecule is C[C@@H](CNC(=O)CNC(c1ccccc1)c1ccccc1)c1ccccc1. The highest BCUT2D eigenvalue weighted by atomic mass is 16.1. The van der Waals surface area contributed by atoms with E-state index in [1.54, 1.807) is 0 Å². The highest BCUT2D eigenvalue weighted by molar-refractivity contribution is 5.78. The second-order valence-corrected chi connectivity index (χ2v) is 6.75. The minimum absolute atomic E-state index is 0.00893. The molecule has 3 aromatic carbocycles. The molecule has 3 heteroatoms. The molecule has 0 unspecified atom stereocenters. The number of carbonyl (C=O) groups is 1. The zero-order chi connectivity index (χ0) is 18.9. The summed E-state index contributed by atoms with van der Waals surface area (Å²) in [6.45, 7) is 3.03. The number of nitrogens with one attached hydrogen (secondary N) is 2. The molecule has 0 radical (unpaired) electrons. The van der Waals surface area contributed by atoms with Crippen LogP contribution in [0.15, 0.2) is 91.0 Å². The van der Waals surface area contributed by atoms with E-state index >= 15 is 0 Å². The smallest absolute Gasteiger partial charge is 0.234 e. The van der Waals surface area contributed by atoms with Crippen molar-refractivity contribution in [2.45, 2.75) is 18.9 Å². The molecule has 2 N–H and O–H groups in total. The van der Waals surface area contributed by atoms with Crippen LogP contribution in [0.4, 0.5) is 0 Å². The maximum atomic E-state index is 12.4. The zero-order valence-electron chi connectivity index (χ0n) is 15.6. The predicted octanol–water partition coefficient (Wildman–Crippen LogP) is 4.29. The van der Waals surface area contributed by atoms with Crippen LogP contribution in [0.5, 0.6) is 0 Å². The fourth-order valence-corrected chi connectivity index (χ4v) is 3.14. The van der Waals surface area contributed by atoms with Crippen molar-refractivity contribution < 1.29 is 4.79 Å². The summed E-state index contributed by atoms with van der Waals surface area (Å²) in [6.07, 6.45) is 0. The number of rotatable bonds is 8. The molecule has 1 atom stereocenters. The van der Waals surface area contributed by atoms with Crippen LogP contribution in [0.2, 0.25) is 0 Å². The number of amides is 1. The molecule has 0 spiro atoms. The minimum atomic E-state index is -0.00954. The number of hydrogen-bond donors (Lipinski definition) is 2. The molecule has 0 aliphatic heterocycles. The molecule has 0 fully saturated rings. The van der Waals surface area contributed by atoms with Gasteiger partial charge in [0.15, 0.2) is 0 Å². The average Bonchev–Trinajstić information content (AvgIpc) is 2.74. The molecule has 27 heavy (non-hydrogen) atoms. The summed E-state index contributed by atoms with van der Waals surface area (Å²) < 4.78 is 0. The molecule has 0 bridgehead atoms. The Kier molecular flexibility index (Phi) is 6.78. The first-order valence-electron chi connectivity index (χ1n) is 9.39. The van der Waals surface area contributed by atoms with Gasteiger partial charge in [0.1, 0.15) is 0 Å². The van der Waals surface area contributed by atoms with Crippen LogP contribution in [-0.2, 0) is 4.79 Å². The summed E-state index contributed by atoms with van der Waals surface area (Å²) in [5.41, 5.74) is 3.53. The maximum Gasteiger partial charge on any atom is 0.234 e. The summed E-state index contributed by atoms with van der Waals surface area (Å²) in [5.74, 6) is 0.295. The first-order valence-corrected chi connectivity index (χ1v) is 9.39. The summed E-state index contributed by atoms with van der Waals surface area (Å²) in [4.78, 5) is 12.4. The molecular weight excluding hydrogens is 332 g/mol. The summed E-state index contributed by atoms with van der Waals surface area (Å²) in [5, 5.41) is 6.44. The van der Waals surface area contributed by atoms with Gasteiger partial charge in [0.25, 0.3) is 0 Å². The van der Waals surface area contributed by atoms with Crippen LogP contribution in [-0.4, -0.2) is 19.0 Å². The van der Waals surface area contributed by atoms with E-state index < -0.39 is 0 Å². The zero-order valence-corrected chi connectivity index (χ0v) is 15.6. The van der Waals surface area contributed by atoms with Crippen molar-refractivity contribution in [3.05, 3.63) is 108 Å². The van der Waals surface area contributed by atoms with Crippen molar-refractivity contribution in [1.82, 2.24) is 10.6 Å². The van der Waals surface area contributed by atoms with E-state index in [1.807, 2.05) is 54.6 Å². The van der Waals surface area contributed by atoms with Crippen molar-refractivity contribution in [3.63, 3.8) is 0 Å². The lowest BCUT2D eigenvalue weighted by atomic mass is 9.99. The first-order chi connectivity index (χ1) is 13.2. The fraction of sp³-hybridized carbons (Fsp3) is 0.208. The Labute approximate surface area is 161 Å². The van der Waals surface area contributed by atoms with Gasteiger partial charge in [-0.05, 0) is 22.6 Å². The van der Waals surface area contributed by atoms with Gasteiger partial charge in [0.05, 0.1) is 12.6 Å². The van der Waals surface area contributed by atoms with E-state index in [4.69, 9.17) is 0 Å². The van der Waals surface area contributed by atoms with Crippen molar-refractivity contribution in [1.29, 1.82) is 0 Å². The Bertz CT molecular complexity index is 779. The molecule has 0 aromatic heterocycles. The molecular formula is C24H26N2O. The molecule has 0 saturated carbocycles. The van der Waals surface area contributed by atoms with Crippen LogP contribution in [0.3, 0.4) is 0 Å². The second-order valence-electron chi connectivity index (χ2n) is 6.75. The predicted molar refractivity (Wildman–Crippen MR) is 111 cm³/mol. The summed E-state index contributed by atoms with van der Waals surface area (Å²) in [6, 6.07) is 30.7. The van der Waals surface area contributed by atoms with E-state index in [9.17, 15) is 4.79 Å². The number of hydrogen-bond acceptors (Lipinski definition) is 2. The molecule has 0 heterocycles. The molecule has 0 saturated heterocycles. The minimum Gasteiger partial charge on any atom is -0.354 e. The topological polar surface area (TPSA) is 41.1 Å². The third kappa shape index (κ3) is 5.53. The lowest BCUT2D eigenvalue weighted by molar-refractivity contribution is -0.120. The number of carbonyl (C=O) groups excluding carboxylic acids is 1. The molecule has 1 amide bonds. The largest absolute Gasteiger partial charge is 0.354 e. The first kappa shape index (κ1) is 18.9. The lowest BCUT2D eigenvalue weighted by Crippen LogP contribution is -2.37. The second kappa shape index (κ2) is 9.70. The molecule has 0 aliphatic carbocycles. The van der Waals surface area contributed by atoms with Crippen LogP contribution >= 0.6 is 0 Å². The Morgan fingerprint density at radius 3 is 1.67 bits per heavy atom. The van der Waals surface area contributed by atoms with Gasteiger partial charge in [-0.3, -0.25) is 10.1 Å². The van der Waals surface area contributed by atoms with Crippen molar-refractivity contribution in [2.24, 2.45) is 0 Å². The quantitative estimate of drug-likeness (QED) is 0.631. The van der Waals surface area contributed by atoms with Crippen LogP contribution in [0.25, 0.3) is 0 Å². The van der Waals surface area contributed by atoms with Gasteiger partial charge in [0, 0.05) is 6.54 Å². The number of benzene rings is 3. The molecule has 3 rings (SSSR count). The third-order valence-corrected chi connectivity index (χ3v) is 4.71. The van der Waals surface area contributed by atoms with Crippen LogP contribution < -0.4 is 10.6 Å². The van der Waals surface area contributed by atoms with Gasteiger partial charge in [-0.1, -0.05) is 97.9 Å². The Hall–Kier alpha value is -2.91. The van der Waals surface area contributed by atoms with Gasteiger partial charge in [-0.25, -0.2) is 0 Å². The highest BCUT2D eigenvalue weighted by Gasteiger charge is 2.15.